The molecule has 0 aromatic heterocycles. The smallest absolute Gasteiger partial charge is 0.0230 e. The third-order valence-corrected chi connectivity index (χ3v) is 2.22. The van der Waals surface area contributed by atoms with Crippen molar-refractivity contribution in [2.45, 2.75) is 44.9 Å². The summed E-state index contributed by atoms with van der Waals surface area (Å²) in [6, 6.07) is 0. The lowest BCUT2D eigenvalue weighted by molar-refractivity contribution is 0.695. The van der Waals surface area contributed by atoms with Gasteiger partial charge in [-0.25, -0.2) is 0 Å². The summed E-state index contributed by atoms with van der Waals surface area (Å²) < 4.78 is 0. The van der Waals surface area contributed by atoms with E-state index in [0.717, 1.165) is 6.42 Å². The van der Waals surface area contributed by atoms with Crippen LogP contribution in [0.15, 0.2) is 30.4 Å². The summed E-state index contributed by atoms with van der Waals surface area (Å²) >= 11 is 0. The zero-order valence-electron chi connectivity index (χ0n) is 8.34. The fourth-order valence-corrected chi connectivity index (χ4v) is 1.42. The van der Waals surface area contributed by atoms with Gasteiger partial charge in [-0.15, -0.1) is 0 Å². The van der Waals surface area contributed by atoms with Gasteiger partial charge in [0.05, 0.1) is 0 Å². The lowest BCUT2D eigenvalue weighted by Crippen LogP contribution is -1.74. The van der Waals surface area contributed by atoms with E-state index < -0.39 is 0 Å². The van der Waals surface area contributed by atoms with Gasteiger partial charge in [-0.05, 0) is 44.6 Å². The average Bonchev–Trinajstić information content (AvgIpc) is 2.18. The Morgan fingerprint density at radius 1 is 0.692 bits per heavy atom. The minimum absolute atomic E-state index is 1.15. The van der Waals surface area contributed by atoms with Gasteiger partial charge in [-0.1, -0.05) is 36.8 Å². The van der Waals surface area contributed by atoms with E-state index in [1.165, 1.54) is 38.5 Å². The molecular weight excluding hydrogens is 156 g/mol. The molecule has 13 heavy (non-hydrogen) atoms. The first kappa shape index (κ1) is 10.3. The van der Waals surface area contributed by atoms with Crippen molar-refractivity contribution in [2.24, 2.45) is 0 Å². The molecule has 1 radical (unpaired) electrons. The van der Waals surface area contributed by atoms with E-state index in [-0.39, 0.29) is 0 Å². The Bertz CT molecular complexity index is 184. The topological polar surface area (TPSA) is 0 Å². The number of rotatable bonds is 0. The Kier molecular flexibility index (Phi) is 6.22. The van der Waals surface area contributed by atoms with E-state index in [9.17, 15) is 0 Å². The molecule has 0 fully saturated rings. The van der Waals surface area contributed by atoms with Gasteiger partial charge < -0.3 is 0 Å². The minimum atomic E-state index is 1.15. The van der Waals surface area contributed by atoms with Crippen LogP contribution in [0.1, 0.15) is 44.9 Å². The second-order valence-corrected chi connectivity index (χ2v) is 3.46. The molecule has 0 spiro atoms. The van der Waals surface area contributed by atoms with Crippen molar-refractivity contribution in [3.05, 3.63) is 36.5 Å². The van der Waals surface area contributed by atoms with Crippen molar-refractivity contribution in [3.63, 3.8) is 0 Å². The maximum Gasteiger partial charge on any atom is -0.0230 e. The monoisotopic (exact) mass is 175 g/mol. The third-order valence-electron chi connectivity index (χ3n) is 2.22. The number of hydrogen-bond acceptors (Lipinski definition) is 0. The minimum Gasteiger partial charge on any atom is -0.0885 e. The molecule has 0 nitrogen and oxygen atoms in total. The summed E-state index contributed by atoms with van der Waals surface area (Å²) in [6.07, 6.45) is 23.0. The molecular formula is C13H19. The number of hydrogen-bond donors (Lipinski definition) is 0. The second-order valence-electron chi connectivity index (χ2n) is 3.46. The van der Waals surface area contributed by atoms with Gasteiger partial charge in [-0.3, -0.25) is 0 Å². The Balaban J connectivity index is 2.28. The van der Waals surface area contributed by atoms with Crippen LogP contribution in [0.2, 0.25) is 0 Å². The van der Waals surface area contributed by atoms with Crippen molar-refractivity contribution in [3.8, 4) is 0 Å². The Morgan fingerprint density at radius 3 is 2.46 bits per heavy atom. The fourth-order valence-electron chi connectivity index (χ4n) is 1.42. The largest absolute Gasteiger partial charge is 0.0885 e. The molecule has 1 rings (SSSR count). The first-order valence-electron chi connectivity index (χ1n) is 5.38. The van der Waals surface area contributed by atoms with Gasteiger partial charge >= 0.3 is 0 Å². The highest BCUT2D eigenvalue weighted by Gasteiger charge is 1.86. The zero-order valence-corrected chi connectivity index (χ0v) is 8.34. The van der Waals surface area contributed by atoms with E-state index in [4.69, 9.17) is 0 Å². The van der Waals surface area contributed by atoms with E-state index in [0.29, 0.717) is 0 Å². The molecule has 0 aliphatic heterocycles. The first-order valence-corrected chi connectivity index (χ1v) is 5.38. The van der Waals surface area contributed by atoms with Crippen LogP contribution < -0.4 is 0 Å². The Morgan fingerprint density at radius 2 is 1.46 bits per heavy atom. The van der Waals surface area contributed by atoms with Crippen LogP contribution in [0.4, 0.5) is 0 Å². The highest BCUT2D eigenvalue weighted by Crippen LogP contribution is 2.06. The Hall–Kier alpha value is -0.780. The molecule has 1 aliphatic carbocycles. The van der Waals surface area contributed by atoms with Gasteiger partial charge in [0.15, 0.2) is 0 Å². The van der Waals surface area contributed by atoms with Gasteiger partial charge in [0.2, 0.25) is 0 Å². The zero-order chi connectivity index (χ0) is 9.19. The molecule has 0 N–H and O–H groups in total. The lowest BCUT2D eigenvalue weighted by Gasteiger charge is -1.94. The van der Waals surface area contributed by atoms with Crippen LogP contribution in [0, 0.1) is 6.08 Å². The third kappa shape index (κ3) is 6.39. The molecule has 71 valence electrons. The van der Waals surface area contributed by atoms with Crippen LogP contribution >= 0.6 is 0 Å². The van der Waals surface area contributed by atoms with E-state index in [2.05, 4.69) is 30.4 Å². The van der Waals surface area contributed by atoms with Crippen LogP contribution in [0.5, 0.6) is 0 Å². The molecule has 0 heterocycles. The summed E-state index contributed by atoms with van der Waals surface area (Å²) in [5, 5.41) is 0. The SMILES string of the molecule is [C]1=C/CCCCC/C=C/CC/C=C/1. The summed E-state index contributed by atoms with van der Waals surface area (Å²) in [5.41, 5.74) is 0. The summed E-state index contributed by atoms with van der Waals surface area (Å²) in [7, 11) is 0. The molecule has 0 saturated heterocycles. The highest BCUT2D eigenvalue weighted by atomic mass is 13.9. The molecule has 0 aromatic rings. The van der Waals surface area contributed by atoms with Crippen molar-refractivity contribution in [2.75, 3.05) is 0 Å². The van der Waals surface area contributed by atoms with Gasteiger partial charge in [0.1, 0.15) is 0 Å². The molecule has 0 aromatic carbocycles. The predicted molar refractivity (Wildman–Crippen MR) is 58.4 cm³/mol. The van der Waals surface area contributed by atoms with Gasteiger partial charge in [0.25, 0.3) is 0 Å². The van der Waals surface area contributed by atoms with Gasteiger partial charge in [-0.2, -0.15) is 0 Å². The lowest BCUT2D eigenvalue weighted by atomic mass is 10.1. The molecule has 0 bridgehead atoms. The fraction of sp³-hybridized carbons (Fsp3) is 0.538. The van der Waals surface area contributed by atoms with E-state index in [1.54, 1.807) is 0 Å². The van der Waals surface area contributed by atoms with Crippen molar-refractivity contribution >= 4 is 0 Å². The summed E-state index contributed by atoms with van der Waals surface area (Å²) in [6.45, 7) is 0. The molecule has 0 atom stereocenters. The molecule has 1 aliphatic rings. The predicted octanol–water partition coefficient (Wildman–Crippen LogP) is 4.20. The van der Waals surface area contributed by atoms with Crippen LogP contribution in [0.25, 0.3) is 0 Å². The summed E-state index contributed by atoms with van der Waals surface area (Å²) in [5.74, 6) is 0. The maximum absolute atomic E-state index is 3.19. The number of allylic oxidation sites excluding steroid dienone is 6. The van der Waals surface area contributed by atoms with Crippen LogP contribution in [-0.2, 0) is 0 Å². The Labute approximate surface area is 82.0 Å². The first-order chi connectivity index (χ1) is 6.50. The molecule has 0 unspecified atom stereocenters. The molecule has 0 saturated carbocycles. The quantitative estimate of drug-likeness (QED) is 0.484. The van der Waals surface area contributed by atoms with E-state index in [1.807, 2.05) is 6.08 Å². The van der Waals surface area contributed by atoms with Crippen LogP contribution in [-0.4, -0.2) is 0 Å². The van der Waals surface area contributed by atoms with Crippen molar-refractivity contribution < 1.29 is 0 Å². The van der Waals surface area contributed by atoms with Crippen molar-refractivity contribution in [1.29, 1.82) is 0 Å². The molecule has 0 heteroatoms. The van der Waals surface area contributed by atoms with E-state index >= 15 is 0 Å². The second kappa shape index (κ2) is 7.85. The van der Waals surface area contributed by atoms with Crippen molar-refractivity contribution in [1.82, 2.24) is 0 Å². The highest BCUT2D eigenvalue weighted by molar-refractivity contribution is 4.96. The maximum atomic E-state index is 3.19. The average molecular weight is 175 g/mol. The normalized spacial score (nSPS) is 27.7. The van der Waals surface area contributed by atoms with Gasteiger partial charge in [0, 0.05) is 0 Å². The van der Waals surface area contributed by atoms with Crippen LogP contribution in [0.3, 0.4) is 0 Å². The molecule has 0 amide bonds. The summed E-state index contributed by atoms with van der Waals surface area (Å²) in [4.78, 5) is 0. The standard InChI is InChI=1S/C13H19/c1-2-4-6-8-10-12-13-11-9-7-5-3-1/h1-2,7,9,13H,3-6,8,10,12H2/b2-1+,9-7+,13-11?.